The van der Waals surface area contributed by atoms with Crippen LogP contribution in [0.15, 0.2) is 42.5 Å². The molecule has 140 valence electrons. The van der Waals surface area contributed by atoms with Gasteiger partial charge in [-0.15, -0.1) is 0 Å². The Hall–Kier alpha value is -3.00. The zero-order valence-corrected chi connectivity index (χ0v) is 15.3. The molecule has 0 unspecified atom stereocenters. The minimum Gasteiger partial charge on any atom is -0.493 e. The van der Waals surface area contributed by atoms with Crippen LogP contribution in [0.3, 0.4) is 0 Å². The van der Waals surface area contributed by atoms with Crippen LogP contribution >= 0.6 is 11.3 Å². The predicted molar refractivity (Wildman–Crippen MR) is 102 cm³/mol. The van der Waals surface area contributed by atoms with Gasteiger partial charge in [-0.2, -0.15) is 8.78 Å². The van der Waals surface area contributed by atoms with E-state index in [1.165, 1.54) is 36.7 Å². The molecule has 0 fully saturated rings. The molecule has 8 heteroatoms. The third-order valence-electron chi connectivity index (χ3n) is 3.70. The van der Waals surface area contributed by atoms with Gasteiger partial charge in [0.15, 0.2) is 16.6 Å². The number of carbonyl (C=O) groups excluding carboxylic acids is 1. The lowest BCUT2D eigenvalue weighted by molar-refractivity contribution is -0.111. The van der Waals surface area contributed by atoms with Gasteiger partial charge in [0.05, 0.1) is 17.3 Å². The number of nitrogens with one attached hydrogen (secondary N) is 1. The maximum Gasteiger partial charge on any atom is 0.387 e. The molecule has 0 saturated carbocycles. The highest BCUT2D eigenvalue weighted by Crippen LogP contribution is 2.33. The third-order valence-corrected chi connectivity index (χ3v) is 4.64. The first-order valence-corrected chi connectivity index (χ1v) is 8.76. The monoisotopic (exact) mass is 390 g/mol. The SMILES string of the molecule is COc1cccc(/C=C/C(=O)Nc2nc3c(C)cccc3s2)c1OC(F)F. The number of amides is 1. The molecule has 2 aromatic carbocycles. The molecule has 0 aliphatic carbocycles. The molecular formula is C19H16F2N2O3S. The topological polar surface area (TPSA) is 60.5 Å². The highest BCUT2D eigenvalue weighted by Gasteiger charge is 2.14. The molecule has 0 saturated heterocycles. The fourth-order valence-electron chi connectivity index (χ4n) is 2.49. The van der Waals surface area contributed by atoms with Gasteiger partial charge in [0.1, 0.15) is 0 Å². The van der Waals surface area contributed by atoms with Crippen molar-refractivity contribution >= 4 is 38.7 Å². The van der Waals surface area contributed by atoms with E-state index in [9.17, 15) is 13.6 Å². The number of hydrogen-bond acceptors (Lipinski definition) is 5. The normalized spacial score (nSPS) is 11.3. The number of alkyl halides is 2. The molecule has 0 aliphatic heterocycles. The molecule has 0 bridgehead atoms. The maximum atomic E-state index is 12.6. The Bertz CT molecular complexity index is 1000. The molecule has 3 aromatic rings. The molecule has 1 aromatic heterocycles. The summed E-state index contributed by atoms with van der Waals surface area (Å²) in [5.74, 6) is -0.410. The number of nitrogens with zero attached hydrogens (tertiary/aromatic N) is 1. The summed E-state index contributed by atoms with van der Waals surface area (Å²) >= 11 is 1.36. The van der Waals surface area contributed by atoms with Gasteiger partial charge in [0, 0.05) is 11.6 Å². The lowest BCUT2D eigenvalue weighted by Crippen LogP contribution is -2.08. The summed E-state index contributed by atoms with van der Waals surface area (Å²) in [5.41, 5.74) is 2.15. The third kappa shape index (κ3) is 4.40. The number of hydrogen-bond donors (Lipinski definition) is 1. The van der Waals surface area contributed by atoms with Crippen LogP contribution in [0.1, 0.15) is 11.1 Å². The van der Waals surface area contributed by atoms with Crippen LogP contribution in [0.2, 0.25) is 0 Å². The highest BCUT2D eigenvalue weighted by molar-refractivity contribution is 7.22. The second-order valence-electron chi connectivity index (χ2n) is 5.52. The Balaban J connectivity index is 1.79. The number of para-hydroxylation sites is 2. The molecule has 27 heavy (non-hydrogen) atoms. The quantitative estimate of drug-likeness (QED) is 0.610. The summed E-state index contributed by atoms with van der Waals surface area (Å²) in [4.78, 5) is 16.6. The van der Waals surface area contributed by atoms with Crippen LogP contribution in [0.5, 0.6) is 11.5 Å². The lowest BCUT2D eigenvalue weighted by atomic mass is 10.1. The number of fused-ring (bicyclic) bond motifs is 1. The zero-order chi connectivity index (χ0) is 19.4. The number of anilines is 1. The van der Waals surface area contributed by atoms with Crippen LogP contribution in [0.25, 0.3) is 16.3 Å². The van der Waals surface area contributed by atoms with E-state index in [1.54, 1.807) is 12.1 Å². The molecule has 1 heterocycles. The zero-order valence-electron chi connectivity index (χ0n) is 14.5. The second kappa shape index (κ2) is 8.13. The van der Waals surface area contributed by atoms with Crippen molar-refractivity contribution in [2.75, 3.05) is 12.4 Å². The number of benzene rings is 2. The van der Waals surface area contributed by atoms with Crippen molar-refractivity contribution in [2.45, 2.75) is 13.5 Å². The van der Waals surface area contributed by atoms with E-state index in [-0.39, 0.29) is 11.5 Å². The van der Waals surface area contributed by atoms with E-state index in [1.807, 2.05) is 25.1 Å². The van der Waals surface area contributed by atoms with Crippen molar-refractivity contribution in [3.63, 3.8) is 0 Å². The number of methoxy groups -OCH3 is 1. The standard InChI is InChI=1S/C19H16F2N2O3S/c1-11-5-3-8-14-16(11)23-19(27-14)22-15(24)10-9-12-6-4-7-13(25-2)17(12)26-18(20)21/h3-10,18H,1-2H3,(H,22,23,24)/b10-9+. The van der Waals surface area contributed by atoms with Gasteiger partial charge in [0.2, 0.25) is 5.91 Å². The Morgan fingerprint density at radius 3 is 2.74 bits per heavy atom. The van der Waals surface area contributed by atoms with E-state index >= 15 is 0 Å². The van der Waals surface area contributed by atoms with Crippen molar-refractivity contribution in [2.24, 2.45) is 0 Å². The largest absolute Gasteiger partial charge is 0.493 e. The molecule has 0 aliphatic rings. The summed E-state index contributed by atoms with van der Waals surface area (Å²) in [6.07, 6.45) is 2.61. The van der Waals surface area contributed by atoms with E-state index in [4.69, 9.17) is 4.74 Å². The first kappa shape index (κ1) is 18.8. The second-order valence-corrected chi connectivity index (χ2v) is 6.55. The molecule has 3 rings (SSSR count). The van der Waals surface area contributed by atoms with Gasteiger partial charge in [-0.1, -0.05) is 35.6 Å². The van der Waals surface area contributed by atoms with Gasteiger partial charge >= 0.3 is 6.61 Å². The first-order valence-electron chi connectivity index (χ1n) is 7.95. The number of thiazole rings is 1. The number of carbonyl (C=O) groups is 1. The summed E-state index contributed by atoms with van der Waals surface area (Å²) in [6, 6.07) is 10.5. The average Bonchev–Trinajstić information content (AvgIpc) is 3.04. The lowest BCUT2D eigenvalue weighted by Gasteiger charge is -2.12. The fourth-order valence-corrected chi connectivity index (χ4v) is 3.44. The Kier molecular flexibility index (Phi) is 5.66. The van der Waals surface area contributed by atoms with E-state index in [0.717, 1.165) is 15.8 Å². The summed E-state index contributed by atoms with van der Waals surface area (Å²) in [7, 11) is 1.35. The number of aromatic nitrogens is 1. The molecule has 0 atom stereocenters. The minimum atomic E-state index is -3.01. The predicted octanol–water partition coefficient (Wildman–Crippen LogP) is 4.87. The minimum absolute atomic E-state index is 0.130. The Morgan fingerprint density at radius 1 is 1.26 bits per heavy atom. The molecule has 5 nitrogen and oxygen atoms in total. The molecule has 1 N–H and O–H groups in total. The summed E-state index contributed by atoms with van der Waals surface area (Å²) < 4.78 is 35.8. The molecular weight excluding hydrogens is 374 g/mol. The number of aryl methyl sites for hydroxylation is 1. The van der Waals surface area contributed by atoms with E-state index in [2.05, 4.69) is 15.0 Å². The van der Waals surface area contributed by atoms with E-state index in [0.29, 0.717) is 10.7 Å². The van der Waals surface area contributed by atoms with Gasteiger partial charge in [-0.05, 0) is 30.7 Å². The first-order chi connectivity index (χ1) is 13.0. The van der Waals surface area contributed by atoms with Gasteiger partial charge in [-0.25, -0.2) is 4.98 Å². The van der Waals surface area contributed by atoms with Crippen LogP contribution in [0.4, 0.5) is 13.9 Å². The number of ether oxygens (including phenoxy) is 2. The summed E-state index contributed by atoms with van der Waals surface area (Å²) in [5, 5.41) is 3.14. The van der Waals surface area contributed by atoms with Crippen molar-refractivity contribution < 1.29 is 23.0 Å². The van der Waals surface area contributed by atoms with Gasteiger partial charge in [0.25, 0.3) is 0 Å². The average molecular weight is 390 g/mol. The fraction of sp³-hybridized carbons (Fsp3) is 0.158. The van der Waals surface area contributed by atoms with Crippen LogP contribution in [-0.2, 0) is 4.79 Å². The Morgan fingerprint density at radius 2 is 2.04 bits per heavy atom. The van der Waals surface area contributed by atoms with Crippen molar-refractivity contribution in [1.29, 1.82) is 0 Å². The Labute approximate surface area is 158 Å². The summed E-state index contributed by atoms with van der Waals surface area (Å²) in [6.45, 7) is -1.06. The van der Waals surface area contributed by atoms with Gasteiger partial charge < -0.3 is 9.47 Å². The van der Waals surface area contributed by atoms with Crippen LogP contribution in [0, 0.1) is 6.92 Å². The van der Waals surface area contributed by atoms with E-state index < -0.39 is 12.5 Å². The van der Waals surface area contributed by atoms with Gasteiger partial charge in [-0.3, -0.25) is 10.1 Å². The number of rotatable bonds is 6. The number of halogens is 2. The maximum absolute atomic E-state index is 12.6. The van der Waals surface area contributed by atoms with Crippen molar-refractivity contribution in [3.05, 3.63) is 53.6 Å². The van der Waals surface area contributed by atoms with Crippen LogP contribution in [-0.4, -0.2) is 24.6 Å². The molecule has 1 amide bonds. The molecule has 0 radical (unpaired) electrons. The van der Waals surface area contributed by atoms with Crippen molar-refractivity contribution in [1.82, 2.24) is 4.98 Å². The smallest absolute Gasteiger partial charge is 0.387 e. The van der Waals surface area contributed by atoms with Crippen LogP contribution < -0.4 is 14.8 Å². The molecule has 0 spiro atoms. The van der Waals surface area contributed by atoms with Crippen molar-refractivity contribution in [3.8, 4) is 11.5 Å². The highest BCUT2D eigenvalue weighted by atomic mass is 32.1.